The molecule has 1 aromatic heterocycles. The van der Waals surface area contributed by atoms with Gasteiger partial charge in [-0.25, -0.2) is 0 Å². The summed E-state index contributed by atoms with van der Waals surface area (Å²) in [6.45, 7) is 6.68. The van der Waals surface area contributed by atoms with Crippen LogP contribution in [0.5, 0.6) is 0 Å². The summed E-state index contributed by atoms with van der Waals surface area (Å²) < 4.78 is 2.02. The Bertz CT molecular complexity index is 315. The molecule has 0 aromatic carbocycles. The van der Waals surface area contributed by atoms with Crippen LogP contribution in [0, 0.1) is 5.92 Å². The van der Waals surface area contributed by atoms with E-state index in [0.717, 1.165) is 12.8 Å². The van der Waals surface area contributed by atoms with E-state index in [-0.39, 0.29) is 0 Å². The highest BCUT2D eigenvalue weighted by molar-refractivity contribution is 5.10. The zero-order valence-electron chi connectivity index (χ0n) is 11.2. The lowest BCUT2D eigenvalue weighted by molar-refractivity contribution is 0.399. The molecule has 0 saturated carbocycles. The molecule has 3 heteroatoms. The summed E-state index contributed by atoms with van der Waals surface area (Å²) in [6.07, 6.45) is 3.30. The fourth-order valence-electron chi connectivity index (χ4n) is 2.09. The molecule has 0 saturated heterocycles. The molecule has 0 amide bonds. The summed E-state index contributed by atoms with van der Waals surface area (Å²) in [4.78, 5) is 0. The van der Waals surface area contributed by atoms with Crippen LogP contribution in [0.1, 0.15) is 38.6 Å². The van der Waals surface area contributed by atoms with E-state index >= 15 is 0 Å². The van der Waals surface area contributed by atoms with E-state index in [0.29, 0.717) is 12.0 Å². The van der Waals surface area contributed by atoms with Crippen molar-refractivity contribution in [2.75, 3.05) is 7.05 Å². The van der Waals surface area contributed by atoms with Gasteiger partial charge in [-0.2, -0.15) is 5.10 Å². The lowest BCUT2D eigenvalue weighted by Crippen LogP contribution is -2.31. The van der Waals surface area contributed by atoms with Gasteiger partial charge in [0, 0.05) is 18.8 Å². The van der Waals surface area contributed by atoms with Crippen molar-refractivity contribution < 1.29 is 0 Å². The maximum Gasteiger partial charge on any atom is 0.0624 e. The number of aromatic nitrogens is 2. The smallest absolute Gasteiger partial charge is 0.0624 e. The summed E-state index contributed by atoms with van der Waals surface area (Å²) in [6, 6.07) is 2.83. The minimum Gasteiger partial charge on any atom is -0.317 e. The van der Waals surface area contributed by atoms with Crippen molar-refractivity contribution in [2.45, 2.75) is 46.1 Å². The van der Waals surface area contributed by atoms with Gasteiger partial charge >= 0.3 is 0 Å². The highest BCUT2D eigenvalue weighted by Crippen LogP contribution is 2.12. The fourth-order valence-corrected chi connectivity index (χ4v) is 2.09. The number of rotatable bonds is 6. The van der Waals surface area contributed by atoms with Crippen LogP contribution in [0.2, 0.25) is 0 Å². The van der Waals surface area contributed by atoms with Gasteiger partial charge in [-0.05, 0) is 38.3 Å². The van der Waals surface area contributed by atoms with Crippen LogP contribution < -0.4 is 5.32 Å². The Kier molecular flexibility index (Phi) is 5.00. The first kappa shape index (κ1) is 13.2. The third-order valence-corrected chi connectivity index (χ3v) is 3.28. The summed E-state index contributed by atoms with van der Waals surface area (Å²) in [5.41, 5.74) is 2.54. The van der Waals surface area contributed by atoms with Gasteiger partial charge in [-0.1, -0.05) is 20.8 Å². The van der Waals surface area contributed by atoms with Crippen LogP contribution in [0.15, 0.2) is 6.07 Å². The van der Waals surface area contributed by atoms with Crippen molar-refractivity contribution in [1.82, 2.24) is 15.1 Å². The summed E-state index contributed by atoms with van der Waals surface area (Å²) in [5.74, 6) is 0.684. The van der Waals surface area contributed by atoms with Gasteiger partial charge in [0.05, 0.1) is 5.69 Å². The van der Waals surface area contributed by atoms with Crippen LogP contribution in [0.3, 0.4) is 0 Å². The third kappa shape index (κ3) is 3.34. The quantitative estimate of drug-likeness (QED) is 0.801. The highest BCUT2D eigenvalue weighted by atomic mass is 15.3. The van der Waals surface area contributed by atoms with Crippen molar-refractivity contribution in [3.05, 3.63) is 17.5 Å². The minimum absolute atomic E-state index is 0.597. The molecule has 1 atom stereocenters. The minimum atomic E-state index is 0.597. The van der Waals surface area contributed by atoms with Crippen LogP contribution >= 0.6 is 0 Å². The van der Waals surface area contributed by atoms with Crippen LogP contribution in [-0.2, 0) is 19.9 Å². The van der Waals surface area contributed by atoms with E-state index in [1.807, 2.05) is 18.8 Å². The Morgan fingerprint density at radius 3 is 2.56 bits per heavy atom. The van der Waals surface area contributed by atoms with Gasteiger partial charge in [0.2, 0.25) is 0 Å². The number of nitrogens with zero attached hydrogens (tertiary/aromatic N) is 2. The molecular formula is C13H25N3. The predicted octanol–water partition coefficient (Wildman–Crippen LogP) is 2.16. The average Bonchev–Trinajstić information content (AvgIpc) is 2.60. The first-order chi connectivity index (χ1) is 7.58. The summed E-state index contributed by atoms with van der Waals surface area (Å²) in [5, 5.41) is 7.86. The molecule has 3 nitrogen and oxygen atoms in total. The van der Waals surface area contributed by atoms with Crippen molar-refractivity contribution in [1.29, 1.82) is 0 Å². The number of hydrogen-bond donors (Lipinski definition) is 1. The molecule has 0 bridgehead atoms. The maximum atomic E-state index is 4.47. The standard InChI is InChI=1S/C13H25N3/c1-6-11-9-12(16(5)15-11)7-8-13(14-4)10(2)3/h9-10,13-14H,6-8H2,1-5H3. The SMILES string of the molecule is CCc1cc(CCC(NC)C(C)C)n(C)n1. The molecule has 0 fully saturated rings. The Balaban J connectivity index is 2.56. The second-order valence-corrected chi connectivity index (χ2v) is 4.78. The fraction of sp³-hybridized carbons (Fsp3) is 0.769. The van der Waals surface area contributed by atoms with Gasteiger partial charge in [0.15, 0.2) is 0 Å². The van der Waals surface area contributed by atoms with E-state index in [2.05, 4.69) is 37.3 Å². The monoisotopic (exact) mass is 223 g/mol. The second kappa shape index (κ2) is 6.04. The van der Waals surface area contributed by atoms with Gasteiger partial charge < -0.3 is 5.32 Å². The summed E-state index contributed by atoms with van der Waals surface area (Å²) >= 11 is 0. The molecule has 0 aliphatic carbocycles. The van der Waals surface area contributed by atoms with Gasteiger partial charge in [-0.3, -0.25) is 4.68 Å². The van der Waals surface area contributed by atoms with Crippen molar-refractivity contribution in [3.8, 4) is 0 Å². The maximum absolute atomic E-state index is 4.47. The molecule has 0 aliphatic heterocycles. The van der Waals surface area contributed by atoms with Crippen molar-refractivity contribution >= 4 is 0 Å². The molecular weight excluding hydrogens is 198 g/mol. The lowest BCUT2D eigenvalue weighted by atomic mass is 9.98. The number of aryl methyl sites for hydroxylation is 3. The van der Waals surface area contributed by atoms with Gasteiger partial charge in [0.1, 0.15) is 0 Å². The van der Waals surface area contributed by atoms with E-state index in [9.17, 15) is 0 Å². The average molecular weight is 223 g/mol. The zero-order chi connectivity index (χ0) is 12.1. The third-order valence-electron chi connectivity index (χ3n) is 3.28. The largest absolute Gasteiger partial charge is 0.317 e. The van der Waals surface area contributed by atoms with Crippen molar-refractivity contribution in [3.63, 3.8) is 0 Å². The molecule has 0 spiro atoms. The highest BCUT2D eigenvalue weighted by Gasteiger charge is 2.12. The van der Waals surface area contributed by atoms with Crippen molar-refractivity contribution in [2.24, 2.45) is 13.0 Å². The zero-order valence-corrected chi connectivity index (χ0v) is 11.2. The first-order valence-corrected chi connectivity index (χ1v) is 6.27. The normalized spacial score (nSPS) is 13.4. The lowest BCUT2D eigenvalue weighted by Gasteiger charge is -2.19. The Labute approximate surface area is 99.2 Å². The van der Waals surface area contributed by atoms with Crippen LogP contribution in [-0.4, -0.2) is 22.9 Å². The molecule has 16 heavy (non-hydrogen) atoms. The number of hydrogen-bond acceptors (Lipinski definition) is 2. The molecule has 1 N–H and O–H groups in total. The van der Waals surface area contributed by atoms with Crippen LogP contribution in [0.4, 0.5) is 0 Å². The van der Waals surface area contributed by atoms with Gasteiger partial charge in [0.25, 0.3) is 0 Å². The van der Waals surface area contributed by atoms with E-state index in [1.165, 1.54) is 17.8 Å². The predicted molar refractivity (Wildman–Crippen MR) is 68.6 cm³/mol. The van der Waals surface area contributed by atoms with Crippen LogP contribution in [0.25, 0.3) is 0 Å². The molecule has 1 heterocycles. The number of nitrogens with one attached hydrogen (secondary N) is 1. The Morgan fingerprint density at radius 1 is 1.44 bits per heavy atom. The second-order valence-electron chi connectivity index (χ2n) is 4.78. The molecule has 0 aliphatic rings. The molecule has 1 aromatic rings. The molecule has 0 radical (unpaired) electrons. The molecule has 1 rings (SSSR count). The Morgan fingerprint density at radius 2 is 2.12 bits per heavy atom. The molecule has 92 valence electrons. The first-order valence-electron chi connectivity index (χ1n) is 6.27. The summed E-state index contributed by atoms with van der Waals surface area (Å²) in [7, 11) is 4.09. The Hall–Kier alpha value is -0.830. The van der Waals surface area contributed by atoms with E-state index < -0.39 is 0 Å². The van der Waals surface area contributed by atoms with E-state index in [4.69, 9.17) is 0 Å². The van der Waals surface area contributed by atoms with E-state index in [1.54, 1.807) is 0 Å². The topological polar surface area (TPSA) is 29.9 Å². The van der Waals surface area contributed by atoms with Gasteiger partial charge in [-0.15, -0.1) is 0 Å². The molecule has 1 unspecified atom stereocenters.